The first kappa shape index (κ1) is 26.9. The molecule has 2 saturated heterocycles. The number of anilines is 2. The fraction of sp³-hybridized carbons (Fsp3) is 0.370. The van der Waals surface area contributed by atoms with Crippen LogP contribution in [0.2, 0.25) is 10.0 Å². The van der Waals surface area contributed by atoms with Gasteiger partial charge in [0, 0.05) is 69.3 Å². The number of amides is 2. The van der Waals surface area contributed by atoms with Gasteiger partial charge in [0.25, 0.3) is 5.91 Å². The molecule has 0 spiro atoms. The van der Waals surface area contributed by atoms with E-state index in [9.17, 15) is 9.59 Å². The molecule has 5 rings (SSSR count). The lowest BCUT2D eigenvalue weighted by molar-refractivity contribution is -0.134. The zero-order valence-electron chi connectivity index (χ0n) is 21.0. The van der Waals surface area contributed by atoms with Gasteiger partial charge in [-0.1, -0.05) is 53.5 Å². The number of aromatic nitrogens is 1. The van der Waals surface area contributed by atoms with Crippen LogP contribution in [0, 0.1) is 0 Å². The van der Waals surface area contributed by atoms with Gasteiger partial charge < -0.3 is 15.1 Å². The minimum Gasteiger partial charge on any atom is -0.339 e. The molecule has 38 heavy (non-hydrogen) atoms. The van der Waals surface area contributed by atoms with Crippen molar-refractivity contribution in [2.45, 2.75) is 6.54 Å². The minimum atomic E-state index is -0.1000. The molecular weight excluding hydrogens is 543 g/mol. The molecule has 0 unspecified atom stereocenters. The average Bonchev–Trinajstić information content (AvgIpc) is 3.40. The SMILES string of the molecule is O=C(CN1CCN(C(=O)c2csc(Nc3ccc(Cl)cc3Cl)n2)CC1)N1CCN(Cc2ccccc2)CC1. The van der Waals surface area contributed by atoms with Gasteiger partial charge in [-0.3, -0.25) is 19.4 Å². The predicted molar refractivity (Wildman–Crippen MR) is 153 cm³/mol. The molecule has 0 atom stereocenters. The molecule has 2 amide bonds. The number of benzene rings is 2. The summed E-state index contributed by atoms with van der Waals surface area (Å²) in [5.41, 5.74) is 2.39. The van der Waals surface area contributed by atoms with Crippen molar-refractivity contribution >= 4 is 57.2 Å². The topological polar surface area (TPSA) is 72.0 Å². The Morgan fingerprint density at radius 2 is 1.55 bits per heavy atom. The highest BCUT2D eigenvalue weighted by atomic mass is 35.5. The van der Waals surface area contributed by atoms with Crippen LogP contribution in [-0.2, 0) is 11.3 Å². The molecule has 3 heterocycles. The molecule has 0 saturated carbocycles. The third kappa shape index (κ3) is 6.84. The summed E-state index contributed by atoms with van der Waals surface area (Å²) in [4.78, 5) is 38.7. The first-order chi connectivity index (χ1) is 18.4. The summed E-state index contributed by atoms with van der Waals surface area (Å²) in [5, 5.41) is 6.53. The lowest BCUT2D eigenvalue weighted by Crippen LogP contribution is -2.54. The second kappa shape index (κ2) is 12.4. The minimum absolute atomic E-state index is 0.1000. The van der Waals surface area contributed by atoms with Crippen LogP contribution < -0.4 is 5.32 Å². The Labute approximate surface area is 236 Å². The Morgan fingerprint density at radius 3 is 2.26 bits per heavy atom. The lowest BCUT2D eigenvalue weighted by atomic mass is 10.2. The van der Waals surface area contributed by atoms with Crippen molar-refractivity contribution in [2.24, 2.45) is 0 Å². The van der Waals surface area contributed by atoms with E-state index in [-0.39, 0.29) is 11.8 Å². The summed E-state index contributed by atoms with van der Waals surface area (Å²) in [6, 6.07) is 15.6. The second-order valence-electron chi connectivity index (χ2n) is 9.50. The summed E-state index contributed by atoms with van der Waals surface area (Å²) >= 11 is 13.5. The highest BCUT2D eigenvalue weighted by Crippen LogP contribution is 2.29. The van der Waals surface area contributed by atoms with Crippen molar-refractivity contribution in [1.29, 1.82) is 0 Å². The summed E-state index contributed by atoms with van der Waals surface area (Å²) < 4.78 is 0. The van der Waals surface area contributed by atoms with Crippen molar-refractivity contribution in [3.63, 3.8) is 0 Å². The number of hydrogen-bond acceptors (Lipinski definition) is 7. The molecule has 2 aliphatic heterocycles. The van der Waals surface area contributed by atoms with Crippen molar-refractivity contribution < 1.29 is 9.59 Å². The van der Waals surface area contributed by atoms with Crippen molar-refractivity contribution in [2.75, 3.05) is 64.2 Å². The van der Waals surface area contributed by atoms with Gasteiger partial charge in [-0.25, -0.2) is 4.98 Å². The number of piperazine rings is 2. The molecule has 11 heteroatoms. The maximum atomic E-state index is 13.0. The first-order valence-electron chi connectivity index (χ1n) is 12.7. The van der Waals surface area contributed by atoms with Crippen LogP contribution in [0.4, 0.5) is 10.8 Å². The van der Waals surface area contributed by atoms with Crippen molar-refractivity contribution in [1.82, 2.24) is 24.6 Å². The smallest absolute Gasteiger partial charge is 0.273 e. The highest BCUT2D eigenvalue weighted by Gasteiger charge is 2.27. The molecule has 200 valence electrons. The first-order valence-corrected chi connectivity index (χ1v) is 14.3. The van der Waals surface area contributed by atoms with Crippen LogP contribution in [0.25, 0.3) is 0 Å². The number of carbonyl (C=O) groups is 2. The summed E-state index contributed by atoms with van der Waals surface area (Å²) in [5.74, 6) is 0.0669. The van der Waals surface area contributed by atoms with E-state index in [2.05, 4.69) is 44.4 Å². The van der Waals surface area contributed by atoms with Gasteiger partial charge in [0.05, 0.1) is 17.3 Å². The van der Waals surface area contributed by atoms with Crippen LogP contribution in [0.1, 0.15) is 16.1 Å². The Balaban J connectivity index is 1.05. The van der Waals surface area contributed by atoms with Gasteiger partial charge in [-0.05, 0) is 23.8 Å². The van der Waals surface area contributed by atoms with E-state index in [1.807, 2.05) is 11.0 Å². The van der Waals surface area contributed by atoms with Crippen LogP contribution in [-0.4, -0.2) is 95.3 Å². The predicted octanol–water partition coefficient (Wildman–Crippen LogP) is 4.30. The second-order valence-corrected chi connectivity index (χ2v) is 11.2. The summed E-state index contributed by atoms with van der Waals surface area (Å²) in [7, 11) is 0. The molecule has 0 aliphatic carbocycles. The van der Waals surface area contributed by atoms with Gasteiger partial charge in [-0.2, -0.15) is 0 Å². The van der Waals surface area contributed by atoms with Crippen molar-refractivity contribution in [3.05, 3.63) is 75.2 Å². The fourth-order valence-electron chi connectivity index (χ4n) is 4.69. The summed E-state index contributed by atoms with van der Waals surface area (Å²) in [6.07, 6.45) is 0. The molecule has 1 aromatic heterocycles. The third-order valence-corrected chi connectivity index (χ3v) is 8.19. The van der Waals surface area contributed by atoms with Gasteiger partial charge in [0.15, 0.2) is 5.13 Å². The molecule has 0 bridgehead atoms. The Kier molecular flexibility index (Phi) is 8.81. The zero-order valence-corrected chi connectivity index (χ0v) is 23.3. The van der Waals surface area contributed by atoms with E-state index < -0.39 is 0 Å². The standard InChI is InChI=1S/C27H30Cl2N6O2S/c28-21-6-7-23(22(29)16-21)30-27-31-24(19-38-27)26(37)35-14-10-33(11-15-35)18-25(36)34-12-8-32(9-13-34)17-20-4-2-1-3-5-20/h1-7,16,19H,8-15,17-18H2,(H,30,31). The van der Waals surface area contributed by atoms with Crippen LogP contribution in [0.15, 0.2) is 53.9 Å². The van der Waals surface area contributed by atoms with Gasteiger partial charge in [-0.15, -0.1) is 11.3 Å². The number of halogens is 2. The highest BCUT2D eigenvalue weighted by molar-refractivity contribution is 7.14. The number of hydrogen-bond donors (Lipinski definition) is 1. The molecular formula is C27H30Cl2N6O2S. The van der Waals surface area contributed by atoms with Crippen molar-refractivity contribution in [3.8, 4) is 0 Å². The molecule has 0 radical (unpaired) electrons. The maximum Gasteiger partial charge on any atom is 0.273 e. The van der Waals surface area contributed by atoms with Gasteiger partial charge in [0.1, 0.15) is 5.69 Å². The van der Waals surface area contributed by atoms with E-state index in [4.69, 9.17) is 23.2 Å². The average molecular weight is 574 g/mol. The largest absolute Gasteiger partial charge is 0.339 e. The van der Waals surface area contributed by atoms with Gasteiger partial charge in [0.2, 0.25) is 5.91 Å². The maximum absolute atomic E-state index is 13.0. The number of rotatable bonds is 7. The van der Waals surface area contributed by atoms with E-state index in [0.29, 0.717) is 59.3 Å². The quantitative estimate of drug-likeness (QED) is 0.455. The van der Waals surface area contributed by atoms with E-state index in [1.165, 1.54) is 16.9 Å². The van der Waals surface area contributed by atoms with Crippen LogP contribution in [0.3, 0.4) is 0 Å². The van der Waals surface area contributed by atoms with E-state index in [1.54, 1.807) is 28.5 Å². The number of nitrogens with zero attached hydrogens (tertiary/aromatic N) is 5. The van der Waals surface area contributed by atoms with E-state index in [0.717, 1.165) is 32.7 Å². The monoisotopic (exact) mass is 572 g/mol. The molecule has 2 aromatic carbocycles. The van der Waals surface area contributed by atoms with Crippen LogP contribution in [0.5, 0.6) is 0 Å². The molecule has 8 nitrogen and oxygen atoms in total. The van der Waals surface area contributed by atoms with E-state index >= 15 is 0 Å². The number of carbonyl (C=O) groups excluding carboxylic acids is 2. The third-order valence-electron chi connectivity index (χ3n) is 6.89. The normalized spacial score (nSPS) is 17.0. The van der Waals surface area contributed by atoms with Gasteiger partial charge >= 0.3 is 0 Å². The molecule has 2 aliphatic rings. The Hall–Kier alpha value is -2.69. The zero-order chi connectivity index (χ0) is 26.5. The Bertz CT molecular complexity index is 1260. The number of nitrogens with one attached hydrogen (secondary N) is 1. The lowest BCUT2D eigenvalue weighted by Gasteiger charge is -2.38. The fourth-order valence-corrected chi connectivity index (χ4v) is 5.85. The Morgan fingerprint density at radius 1 is 0.868 bits per heavy atom. The molecule has 3 aromatic rings. The summed E-state index contributed by atoms with van der Waals surface area (Å²) in [6.45, 7) is 7.08. The van der Waals surface area contributed by atoms with Crippen LogP contribution >= 0.6 is 34.5 Å². The number of thiazole rings is 1. The molecule has 2 fully saturated rings. The molecule has 1 N–H and O–H groups in total.